The summed E-state index contributed by atoms with van der Waals surface area (Å²) in [5.74, 6) is -1.01. The lowest BCUT2D eigenvalue weighted by Gasteiger charge is -2.23. The van der Waals surface area contributed by atoms with Gasteiger partial charge in [-0.3, -0.25) is 0 Å². The first-order chi connectivity index (χ1) is 12.2. The van der Waals surface area contributed by atoms with Crippen molar-refractivity contribution in [3.8, 4) is 0 Å². The molecule has 1 aliphatic carbocycles. The summed E-state index contributed by atoms with van der Waals surface area (Å²) in [7, 11) is 0. The van der Waals surface area contributed by atoms with Crippen LogP contribution in [0.5, 0.6) is 0 Å². The van der Waals surface area contributed by atoms with Crippen molar-refractivity contribution in [3.63, 3.8) is 0 Å². The molecule has 0 radical (unpaired) electrons. The van der Waals surface area contributed by atoms with Crippen LogP contribution < -0.4 is 0 Å². The smallest absolute Gasteiger partial charge is 0.166 e. The van der Waals surface area contributed by atoms with E-state index in [2.05, 4.69) is 37.3 Å². The first kappa shape index (κ1) is 17.8. The molecule has 0 amide bonds. The second kappa shape index (κ2) is 8.42. The van der Waals surface area contributed by atoms with Crippen LogP contribution in [0, 0.1) is 11.6 Å². The highest BCUT2D eigenvalue weighted by Gasteiger charge is 2.19. The van der Waals surface area contributed by atoms with E-state index in [1.165, 1.54) is 36.5 Å². The summed E-state index contributed by atoms with van der Waals surface area (Å²) in [6.07, 6.45) is 9.70. The minimum absolute atomic E-state index is 0.421. The first-order valence-corrected chi connectivity index (χ1v) is 9.41. The monoisotopic (exact) mass is 340 g/mol. The molecule has 0 aromatic heterocycles. The van der Waals surface area contributed by atoms with E-state index in [1.807, 2.05) is 0 Å². The van der Waals surface area contributed by atoms with Gasteiger partial charge in [-0.05, 0) is 60.8 Å². The molecule has 0 saturated heterocycles. The standard InChI is InChI=1S/C23H26F2/c1-2-3-4-6-17-9-11-18(12-10-17)19-13-15-20(16-14-19)21-7-5-8-22(24)23(21)25/h5,7-12,15,19H,2-4,6,13-14,16H2,1H3. The number of hydrogen-bond donors (Lipinski definition) is 0. The fourth-order valence-corrected chi connectivity index (χ4v) is 3.67. The molecular weight excluding hydrogens is 314 g/mol. The maximum atomic E-state index is 14.0. The maximum Gasteiger partial charge on any atom is 0.166 e. The Balaban J connectivity index is 1.65. The Morgan fingerprint density at radius 2 is 1.80 bits per heavy atom. The third-order valence-electron chi connectivity index (χ3n) is 5.23. The molecule has 0 N–H and O–H groups in total. The number of allylic oxidation sites excluding steroid dienone is 2. The van der Waals surface area contributed by atoms with Gasteiger partial charge in [0.25, 0.3) is 0 Å². The Bertz CT molecular complexity index is 728. The predicted molar refractivity (Wildman–Crippen MR) is 101 cm³/mol. The lowest BCUT2D eigenvalue weighted by Crippen LogP contribution is -2.05. The van der Waals surface area contributed by atoms with Gasteiger partial charge in [0.15, 0.2) is 11.6 Å². The molecule has 0 nitrogen and oxygen atoms in total. The summed E-state index contributed by atoms with van der Waals surface area (Å²) < 4.78 is 27.4. The van der Waals surface area contributed by atoms with Crippen LogP contribution in [-0.4, -0.2) is 0 Å². The van der Waals surface area contributed by atoms with Gasteiger partial charge in [-0.2, -0.15) is 0 Å². The number of unbranched alkanes of at least 4 members (excludes halogenated alkanes) is 2. The van der Waals surface area contributed by atoms with Crippen LogP contribution >= 0.6 is 0 Å². The van der Waals surface area contributed by atoms with E-state index in [0.29, 0.717) is 11.5 Å². The second-order valence-electron chi connectivity index (χ2n) is 7.00. The minimum atomic E-state index is -0.765. The number of rotatable bonds is 6. The lowest BCUT2D eigenvalue weighted by atomic mass is 9.82. The van der Waals surface area contributed by atoms with Gasteiger partial charge < -0.3 is 0 Å². The van der Waals surface area contributed by atoms with Gasteiger partial charge in [0.1, 0.15) is 0 Å². The van der Waals surface area contributed by atoms with Gasteiger partial charge in [0.05, 0.1) is 0 Å². The van der Waals surface area contributed by atoms with Gasteiger partial charge in [0, 0.05) is 5.56 Å². The molecule has 25 heavy (non-hydrogen) atoms. The molecule has 132 valence electrons. The third kappa shape index (κ3) is 4.36. The van der Waals surface area contributed by atoms with Gasteiger partial charge in [-0.15, -0.1) is 0 Å². The molecule has 0 aliphatic heterocycles. The zero-order valence-electron chi connectivity index (χ0n) is 14.9. The average Bonchev–Trinajstić information content (AvgIpc) is 2.65. The number of halogens is 2. The minimum Gasteiger partial charge on any atom is -0.204 e. The summed E-state index contributed by atoms with van der Waals surface area (Å²) in [4.78, 5) is 0. The summed E-state index contributed by atoms with van der Waals surface area (Å²) in [5, 5.41) is 0. The summed E-state index contributed by atoms with van der Waals surface area (Å²) in [5.41, 5.74) is 4.12. The number of benzene rings is 2. The molecule has 1 atom stereocenters. The zero-order chi connectivity index (χ0) is 17.6. The van der Waals surface area contributed by atoms with E-state index in [4.69, 9.17) is 0 Å². The van der Waals surface area contributed by atoms with Crippen LogP contribution in [0.15, 0.2) is 48.5 Å². The van der Waals surface area contributed by atoms with Crippen LogP contribution in [0.25, 0.3) is 5.57 Å². The van der Waals surface area contributed by atoms with E-state index in [0.717, 1.165) is 31.3 Å². The zero-order valence-corrected chi connectivity index (χ0v) is 14.9. The van der Waals surface area contributed by atoms with Crippen molar-refractivity contribution in [3.05, 3.63) is 76.9 Å². The molecule has 0 bridgehead atoms. The van der Waals surface area contributed by atoms with Crippen molar-refractivity contribution < 1.29 is 8.78 Å². The first-order valence-electron chi connectivity index (χ1n) is 9.41. The van der Waals surface area contributed by atoms with Crippen molar-refractivity contribution in [2.75, 3.05) is 0 Å². The van der Waals surface area contributed by atoms with Crippen LogP contribution in [0.3, 0.4) is 0 Å². The van der Waals surface area contributed by atoms with E-state index in [-0.39, 0.29) is 0 Å². The van der Waals surface area contributed by atoms with Crippen LogP contribution in [-0.2, 0) is 6.42 Å². The van der Waals surface area contributed by atoms with Crippen molar-refractivity contribution in [2.24, 2.45) is 0 Å². The predicted octanol–water partition coefficient (Wildman–Crippen LogP) is 7.05. The van der Waals surface area contributed by atoms with Gasteiger partial charge in [-0.25, -0.2) is 8.78 Å². The Hall–Kier alpha value is -1.96. The summed E-state index contributed by atoms with van der Waals surface area (Å²) >= 11 is 0. The molecule has 1 aliphatic rings. The SMILES string of the molecule is CCCCCc1ccc(C2CC=C(c3cccc(F)c3F)CC2)cc1. The largest absolute Gasteiger partial charge is 0.204 e. The molecule has 3 rings (SSSR count). The van der Waals surface area contributed by atoms with Crippen molar-refractivity contribution in [1.82, 2.24) is 0 Å². The molecule has 2 aromatic rings. The van der Waals surface area contributed by atoms with Crippen LogP contribution in [0.1, 0.15) is 68.1 Å². The van der Waals surface area contributed by atoms with Crippen molar-refractivity contribution in [1.29, 1.82) is 0 Å². The fourth-order valence-electron chi connectivity index (χ4n) is 3.67. The Labute approximate surface area is 149 Å². The van der Waals surface area contributed by atoms with Crippen LogP contribution in [0.4, 0.5) is 8.78 Å². The molecular formula is C23H26F2. The molecule has 2 aromatic carbocycles. The summed E-state index contributed by atoms with van der Waals surface area (Å²) in [6, 6.07) is 13.4. The van der Waals surface area contributed by atoms with Gasteiger partial charge >= 0.3 is 0 Å². The van der Waals surface area contributed by atoms with E-state index < -0.39 is 11.6 Å². The molecule has 1 unspecified atom stereocenters. The highest BCUT2D eigenvalue weighted by atomic mass is 19.2. The van der Waals surface area contributed by atoms with Crippen molar-refractivity contribution in [2.45, 2.75) is 57.8 Å². The molecule has 0 saturated carbocycles. The third-order valence-corrected chi connectivity index (χ3v) is 5.23. The molecule has 0 spiro atoms. The molecule has 0 heterocycles. The highest BCUT2D eigenvalue weighted by molar-refractivity contribution is 5.67. The van der Waals surface area contributed by atoms with E-state index in [9.17, 15) is 8.78 Å². The van der Waals surface area contributed by atoms with E-state index in [1.54, 1.807) is 12.1 Å². The van der Waals surface area contributed by atoms with Gasteiger partial charge in [0.2, 0.25) is 0 Å². The number of hydrogen-bond acceptors (Lipinski definition) is 0. The molecule has 0 fully saturated rings. The quantitative estimate of drug-likeness (QED) is 0.494. The maximum absolute atomic E-state index is 14.0. The highest BCUT2D eigenvalue weighted by Crippen LogP contribution is 2.37. The van der Waals surface area contributed by atoms with Crippen LogP contribution in [0.2, 0.25) is 0 Å². The Kier molecular flexibility index (Phi) is 6.01. The lowest BCUT2D eigenvalue weighted by molar-refractivity contribution is 0.505. The normalized spacial score (nSPS) is 17.4. The molecule has 2 heteroatoms. The fraction of sp³-hybridized carbons (Fsp3) is 0.391. The Morgan fingerprint density at radius 3 is 2.48 bits per heavy atom. The van der Waals surface area contributed by atoms with Crippen molar-refractivity contribution >= 4 is 5.57 Å². The average molecular weight is 340 g/mol. The topological polar surface area (TPSA) is 0 Å². The summed E-state index contributed by atoms with van der Waals surface area (Å²) in [6.45, 7) is 2.23. The van der Waals surface area contributed by atoms with Gasteiger partial charge in [-0.1, -0.05) is 62.2 Å². The van der Waals surface area contributed by atoms with E-state index >= 15 is 0 Å². The Morgan fingerprint density at radius 1 is 1.00 bits per heavy atom. The number of aryl methyl sites for hydroxylation is 1. The second-order valence-corrected chi connectivity index (χ2v) is 7.00.